The van der Waals surface area contributed by atoms with Gasteiger partial charge < -0.3 is 20.7 Å². The van der Waals surface area contributed by atoms with Crippen LogP contribution in [0.3, 0.4) is 0 Å². The minimum atomic E-state index is -0.446. The molecule has 2 atom stereocenters. The maximum atomic E-state index is 11.9. The Morgan fingerprint density at radius 1 is 1.04 bits per heavy atom. The number of rotatable bonds is 6. The maximum Gasteiger partial charge on any atom is 0.407 e. The van der Waals surface area contributed by atoms with E-state index in [0.29, 0.717) is 12.1 Å². The highest BCUT2D eigenvalue weighted by atomic mass is 16.6. The molecule has 6 heteroatoms. The van der Waals surface area contributed by atoms with Crippen molar-refractivity contribution in [2.24, 2.45) is 10.9 Å². The molecule has 0 saturated heterocycles. The molecule has 6 nitrogen and oxygen atoms in total. The monoisotopic (exact) mass is 366 g/mol. The van der Waals surface area contributed by atoms with Gasteiger partial charge in [-0.05, 0) is 72.1 Å². The normalized spacial score (nSPS) is 29.0. The first-order valence-electron chi connectivity index (χ1n) is 10.4. The van der Waals surface area contributed by atoms with Gasteiger partial charge in [0.2, 0.25) is 0 Å². The minimum Gasteiger partial charge on any atom is -0.444 e. The van der Waals surface area contributed by atoms with Crippen LogP contribution >= 0.6 is 0 Å². The number of hydrogen-bond acceptors (Lipinski definition) is 3. The van der Waals surface area contributed by atoms with Gasteiger partial charge in [-0.3, -0.25) is 4.99 Å². The Bertz CT molecular complexity index is 479. The largest absolute Gasteiger partial charge is 0.444 e. The van der Waals surface area contributed by atoms with Crippen molar-refractivity contribution in [3.63, 3.8) is 0 Å². The predicted octanol–water partition coefficient (Wildman–Crippen LogP) is 3.57. The summed E-state index contributed by atoms with van der Waals surface area (Å²) in [5, 5.41) is 10.2. The summed E-state index contributed by atoms with van der Waals surface area (Å²) in [5.41, 5.74) is -0.446. The van der Waals surface area contributed by atoms with Crippen molar-refractivity contribution in [3.05, 3.63) is 0 Å². The van der Waals surface area contributed by atoms with Crippen LogP contribution in [-0.4, -0.2) is 42.3 Å². The van der Waals surface area contributed by atoms with Gasteiger partial charge in [0.1, 0.15) is 5.60 Å². The first-order chi connectivity index (χ1) is 12.3. The molecule has 0 radical (unpaired) electrons. The summed E-state index contributed by atoms with van der Waals surface area (Å²) in [6.45, 7) is 10.8. The van der Waals surface area contributed by atoms with E-state index in [-0.39, 0.29) is 12.1 Å². The molecule has 150 valence electrons. The molecule has 1 amide bonds. The van der Waals surface area contributed by atoms with Crippen LogP contribution in [0.2, 0.25) is 0 Å². The van der Waals surface area contributed by atoms with Crippen LogP contribution in [0.25, 0.3) is 0 Å². The number of nitrogens with one attached hydrogen (secondary N) is 3. The molecule has 0 aliphatic heterocycles. The van der Waals surface area contributed by atoms with Crippen molar-refractivity contribution in [2.45, 2.75) is 103 Å². The van der Waals surface area contributed by atoms with Crippen molar-refractivity contribution in [2.75, 3.05) is 6.54 Å². The van der Waals surface area contributed by atoms with Gasteiger partial charge in [0.25, 0.3) is 0 Å². The average molecular weight is 367 g/mol. The molecule has 26 heavy (non-hydrogen) atoms. The Morgan fingerprint density at radius 2 is 1.65 bits per heavy atom. The smallest absolute Gasteiger partial charge is 0.407 e. The fourth-order valence-corrected chi connectivity index (χ4v) is 3.63. The highest BCUT2D eigenvalue weighted by molar-refractivity contribution is 5.80. The number of nitrogens with zero attached hydrogens (tertiary/aromatic N) is 1. The molecule has 2 aliphatic rings. The Morgan fingerprint density at radius 3 is 2.19 bits per heavy atom. The van der Waals surface area contributed by atoms with Crippen molar-refractivity contribution < 1.29 is 9.53 Å². The van der Waals surface area contributed by atoms with Gasteiger partial charge in [-0.15, -0.1) is 0 Å². The lowest BCUT2D eigenvalue weighted by Crippen LogP contribution is -2.48. The Balaban J connectivity index is 1.71. The zero-order chi connectivity index (χ0) is 19.2. The topological polar surface area (TPSA) is 74.8 Å². The number of alkyl carbamates (subject to hydrolysis) is 1. The van der Waals surface area contributed by atoms with Crippen molar-refractivity contribution in [1.29, 1.82) is 0 Å². The molecule has 3 N–H and O–H groups in total. The minimum absolute atomic E-state index is 0.208. The second-order valence-electron chi connectivity index (χ2n) is 8.70. The van der Waals surface area contributed by atoms with Crippen LogP contribution in [0.5, 0.6) is 0 Å². The molecule has 0 aromatic heterocycles. The van der Waals surface area contributed by atoms with Gasteiger partial charge in [-0.2, -0.15) is 0 Å². The van der Waals surface area contributed by atoms with Gasteiger partial charge in [-0.25, -0.2) is 4.79 Å². The third-order valence-electron chi connectivity index (χ3n) is 5.01. The fraction of sp³-hybridized carbons (Fsp3) is 0.900. The lowest BCUT2D eigenvalue weighted by Gasteiger charge is -2.31. The van der Waals surface area contributed by atoms with Gasteiger partial charge in [0, 0.05) is 24.7 Å². The first kappa shape index (κ1) is 20.8. The standard InChI is InChI=1S/C20H38N4O2/c1-6-8-14-13-17(14)24-18(21-7-2)22-15-9-11-16(12-10-15)23-19(25)26-20(3,4)5/h14-17H,6-13H2,1-5H3,(H,23,25)(H2,21,22,24). The second kappa shape index (κ2) is 9.47. The van der Waals surface area contributed by atoms with Gasteiger partial charge >= 0.3 is 6.09 Å². The molecule has 2 aliphatic carbocycles. The maximum absolute atomic E-state index is 11.9. The number of amides is 1. The molecular weight excluding hydrogens is 328 g/mol. The predicted molar refractivity (Wildman–Crippen MR) is 106 cm³/mol. The number of aliphatic imine (C=N–C) groups is 1. The highest BCUT2D eigenvalue weighted by Crippen LogP contribution is 2.34. The molecular formula is C20H38N4O2. The van der Waals surface area contributed by atoms with E-state index in [1.54, 1.807) is 0 Å². The SMILES string of the molecule is CCCC1CC1NC(=NCC)NC1CCC(NC(=O)OC(C)(C)C)CC1. The summed E-state index contributed by atoms with van der Waals surface area (Å²) in [7, 11) is 0. The molecule has 2 saturated carbocycles. The van der Waals surface area contributed by atoms with E-state index >= 15 is 0 Å². The molecule has 0 aromatic carbocycles. The van der Waals surface area contributed by atoms with Crippen LogP contribution in [0.15, 0.2) is 4.99 Å². The highest BCUT2D eigenvalue weighted by Gasteiger charge is 2.37. The zero-order valence-electron chi connectivity index (χ0n) is 17.2. The average Bonchev–Trinajstić information content (AvgIpc) is 3.25. The van der Waals surface area contributed by atoms with E-state index in [1.807, 2.05) is 20.8 Å². The van der Waals surface area contributed by atoms with E-state index < -0.39 is 5.60 Å². The van der Waals surface area contributed by atoms with Crippen LogP contribution in [-0.2, 0) is 4.74 Å². The molecule has 0 bridgehead atoms. The third kappa shape index (κ3) is 7.42. The Hall–Kier alpha value is -1.46. The van der Waals surface area contributed by atoms with Crippen LogP contribution < -0.4 is 16.0 Å². The van der Waals surface area contributed by atoms with E-state index in [1.165, 1.54) is 19.3 Å². The molecule has 2 unspecified atom stereocenters. The summed E-state index contributed by atoms with van der Waals surface area (Å²) >= 11 is 0. The number of hydrogen-bond donors (Lipinski definition) is 3. The number of carbonyl (C=O) groups is 1. The summed E-state index contributed by atoms with van der Waals surface area (Å²) in [5.74, 6) is 1.78. The summed E-state index contributed by atoms with van der Waals surface area (Å²) in [6.07, 6.45) is 7.53. The Kier molecular flexibility index (Phi) is 7.59. The van der Waals surface area contributed by atoms with E-state index in [0.717, 1.165) is 44.1 Å². The van der Waals surface area contributed by atoms with E-state index in [2.05, 4.69) is 34.8 Å². The lowest BCUT2D eigenvalue weighted by molar-refractivity contribution is 0.0490. The van der Waals surface area contributed by atoms with Crippen molar-refractivity contribution in [3.8, 4) is 0 Å². The quantitative estimate of drug-likeness (QED) is 0.496. The van der Waals surface area contributed by atoms with Crippen LogP contribution in [0.1, 0.15) is 79.6 Å². The van der Waals surface area contributed by atoms with Gasteiger partial charge in [0.15, 0.2) is 5.96 Å². The molecule has 0 aromatic rings. The number of guanidine groups is 1. The first-order valence-corrected chi connectivity index (χ1v) is 10.4. The lowest BCUT2D eigenvalue weighted by atomic mass is 9.91. The Labute approximate surface area is 158 Å². The molecule has 0 heterocycles. The number of ether oxygens (including phenoxy) is 1. The van der Waals surface area contributed by atoms with E-state index in [4.69, 9.17) is 4.74 Å². The van der Waals surface area contributed by atoms with Gasteiger partial charge in [0.05, 0.1) is 0 Å². The van der Waals surface area contributed by atoms with Crippen LogP contribution in [0, 0.1) is 5.92 Å². The number of carbonyl (C=O) groups excluding carboxylic acids is 1. The molecule has 0 spiro atoms. The van der Waals surface area contributed by atoms with Crippen molar-refractivity contribution in [1.82, 2.24) is 16.0 Å². The summed E-state index contributed by atoms with van der Waals surface area (Å²) < 4.78 is 5.35. The molecule has 2 fully saturated rings. The summed E-state index contributed by atoms with van der Waals surface area (Å²) in [4.78, 5) is 16.5. The van der Waals surface area contributed by atoms with E-state index in [9.17, 15) is 4.79 Å². The second-order valence-corrected chi connectivity index (χ2v) is 8.70. The van der Waals surface area contributed by atoms with Gasteiger partial charge in [-0.1, -0.05) is 13.3 Å². The van der Waals surface area contributed by atoms with Crippen molar-refractivity contribution >= 4 is 12.1 Å². The molecule has 2 rings (SSSR count). The summed E-state index contributed by atoms with van der Waals surface area (Å²) in [6, 6.07) is 1.23. The fourth-order valence-electron chi connectivity index (χ4n) is 3.63. The van der Waals surface area contributed by atoms with Crippen LogP contribution in [0.4, 0.5) is 4.79 Å². The zero-order valence-corrected chi connectivity index (χ0v) is 17.2. The third-order valence-corrected chi connectivity index (χ3v) is 5.01.